The highest BCUT2D eigenvalue weighted by molar-refractivity contribution is 5.94. The summed E-state index contributed by atoms with van der Waals surface area (Å²) >= 11 is 0. The highest BCUT2D eigenvalue weighted by atomic mass is 19.3. The average molecular weight is 454 g/mol. The first-order valence-corrected chi connectivity index (χ1v) is 10.7. The Labute approximate surface area is 190 Å². The maximum atomic E-state index is 13.4. The topological polar surface area (TPSA) is 81.3 Å². The highest BCUT2D eigenvalue weighted by Crippen LogP contribution is 2.52. The van der Waals surface area contributed by atoms with E-state index in [1.54, 1.807) is 25.3 Å². The van der Waals surface area contributed by atoms with Crippen LogP contribution in [0.3, 0.4) is 0 Å². The van der Waals surface area contributed by atoms with Crippen LogP contribution in [0.5, 0.6) is 11.5 Å². The summed E-state index contributed by atoms with van der Waals surface area (Å²) in [6, 6.07) is 8.22. The Hall–Kier alpha value is -3.55. The number of Topliss-reactive ketones (excluding diaryl/α,β-unsaturated/α-hetero) is 1. The maximum Gasteiger partial charge on any atom is 0.586 e. The molecule has 1 fully saturated rings. The lowest BCUT2D eigenvalue weighted by Gasteiger charge is -2.16. The first kappa shape index (κ1) is 21.3. The number of carbonyl (C=O) groups excluding carboxylic acids is 1. The number of aromatic nitrogens is 2. The Morgan fingerprint density at radius 2 is 1.82 bits per heavy atom. The Morgan fingerprint density at radius 1 is 1.09 bits per heavy atom. The molecule has 1 aliphatic heterocycles. The second-order valence-corrected chi connectivity index (χ2v) is 8.82. The van der Waals surface area contributed by atoms with Crippen LogP contribution in [0.15, 0.2) is 41.3 Å². The van der Waals surface area contributed by atoms with Gasteiger partial charge in [0.1, 0.15) is 5.78 Å². The first-order valence-electron chi connectivity index (χ1n) is 10.7. The molecule has 5 rings (SSSR count). The summed E-state index contributed by atoms with van der Waals surface area (Å²) in [4.78, 5) is 32.6. The number of nitrogens with zero attached hydrogens (tertiary/aromatic N) is 1. The molecular formula is C25H24F2N2O4. The van der Waals surface area contributed by atoms with Crippen LogP contribution in [-0.2, 0) is 16.6 Å². The van der Waals surface area contributed by atoms with Gasteiger partial charge in [-0.1, -0.05) is 6.07 Å². The number of fused-ring (bicyclic) bond motifs is 1. The quantitative estimate of drug-likeness (QED) is 0.601. The molecule has 6 nitrogen and oxygen atoms in total. The molecule has 0 saturated heterocycles. The van der Waals surface area contributed by atoms with Gasteiger partial charge in [-0.15, -0.1) is 8.78 Å². The fraction of sp³-hybridized carbons (Fsp3) is 0.320. The molecule has 0 atom stereocenters. The van der Waals surface area contributed by atoms with Crippen molar-refractivity contribution in [1.82, 2.24) is 9.97 Å². The van der Waals surface area contributed by atoms with Crippen molar-refractivity contribution in [1.29, 1.82) is 0 Å². The number of benzene rings is 1. The number of ketones is 1. The zero-order chi connectivity index (χ0) is 23.5. The molecule has 33 heavy (non-hydrogen) atoms. The fourth-order valence-corrected chi connectivity index (χ4v) is 4.34. The molecule has 1 N–H and O–H groups in total. The number of rotatable bonds is 5. The van der Waals surface area contributed by atoms with Crippen molar-refractivity contribution in [3.05, 3.63) is 74.8 Å². The van der Waals surface area contributed by atoms with Crippen molar-refractivity contribution >= 4 is 5.78 Å². The second kappa shape index (κ2) is 7.23. The van der Waals surface area contributed by atoms with Crippen molar-refractivity contribution in [3.63, 3.8) is 0 Å². The van der Waals surface area contributed by atoms with Gasteiger partial charge in [-0.2, -0.15) is 0 Å². The van der Waals surface area contributed by atoms with Crippen LogP contribution < -0.4 is 15.0 Å². The summed E-state index contributed by atoms with van der Waals surface area (Å²) in [5.74, 6) is -0.118. The highest BCUT2D eigenvalue weighted by Gasteiger charge is 2.52. The molecule has 1 saturated carbocycles. The molecule has 1 aromatic carbocycles. The monoisotopic (exact) mass is 454 g/mol. The van der Waals surface area contributed by atoms with Crippen molar-refractivity contribution in [2.75, 3.05) is 0 Å². The summed E-state index contributed by atoms with van der Waals surface area (Å²) in [5.41, 5.74) is 4.42. The van der Waals surface area contributed by atoms with Crippen LogP contribution in [0, 0.1) is 20.8 Å². The van der Waals surface area contributed by atoms with E-state index < -0.39 is 11.7 Å². The third-order valence-corrected chi connectivity index (χ3v) is 6.53. The molecule has 0 unspecified atom stereocenters. The number of ether oxygens (including phenoxy) is 2. The van der Waals surface area contributed by atoms with Crippen LogP contribution in [0.1, 0.15) is 42.2 Å². The van der Waals surface area contributed by atoms with Crippen molar-refractivity contribution < 1.29 is 24.5 Å². The Morgan fingerprint density at radius 3 is 2.52 bits per heavy atom. The minimum Gasteiger partial charge on any atom is -0.395 e. The van der Waals surface area contributed by atoms with E-state index in [-0.39, 0.29) is 30.7 Å². The van der Waals surface area contributed by atoms with E-state index in [4.69, 9.17) is 4.98 Å². The molecule has 2 aromatic heterocycles. The zero-order valence-electron chi connectivity index (χ0n) is 18.4. The number of hydrogen-bond acceptors (Lipinski definition) is 5. The van der Waals surface area contributed by atoms with Crippen LogP contribution in [-0.4, -0.2) is 22.0 Å². The predicted molar refractivity (Wildman–Crippen MR) is 119 cm³/mol. The van der Waals surface area contributed by atoms with E-state index in [1.165, 1.54) is 12.1 Å². The number of nitrogens with one attached hydrogen (secondary N) is 1. The number of alkyl halides is 2. The van der Waals surface area contributed by atoms with Gasteiger partial charge in [-0.25, -0.2) is 0 Å². The lowest BCUT2D eigenvalue weighted by Crippen LogP contribution is -2.26. The summed E-state index contributed by atoms with van der Waals surface area (Å²) in [6.45, 7) is 5.64. The fourth-order valence-electron chi connectivity index (χ4n) is 4.34. The van der Waals surface area contributed by atoms with Crippen LogP contribution in [0.25, 0.3) is 11.3 Å². The molecule has 2 aliphatic rings. The third-order valence-electron chi connectivity index (χ3n) is 6.53. The number of aryl methyl sites for hydroxylation is 2. The van der Waals surface area contributed by atoms with E-state index in [2.05, 4.69) is 14.5 Å². The zero-order valence-corrected chi connectivity index (χ0v) is 18.4. The van der Waals surface area contributed by atoms with Gasteiger partial charge in [0.2, 0.25) is 0 Å². The van der Waals surface area contributed by atoms with Crippen molar-refractivity contribution in [2.24, 2.45) is 0 Å². The van der Waals surface area contributed by atoms with Crippen molar-refractivity contribution in [2.45, 2.75) is 51.7 Å². The van der Waals surface area contributed by atoms with Gasteiger partial charge in [-0.05, 0) is 74.6 Å². The van der Waals surface area contributed by atoms with Gasteiger partial charge >= 0.3 is 6.29 Å². The molecule has 172 valence electrons. The first-order chi connectivity index (χ1) is 15.6. The number of H-pyrrole nitrogens is 1. The molecule has 8 heteroatoms. The van der Waals surface area contributed by atoms with Crippen LogP contribution in [0.4, 0.5) is 8.78 Å². The van der Waals surface area contributed by atoms with Gasteiger partial charge < -0.3 is 14.5 Å². The van der Waals surface area contributed by atoms with Crippen LogP contribution >= 0.6 is 0 Å². The van der Waals surface area contributed by atoms with E-state index >= 15 is 0 Å². The van der Waals surface area contributed by atoms with Gasteiger partial charge in [0, 0.05) is 30.9 Å². The lowest BCUT2D eigenvalue weighted by molar-refractivity contribution is -0.286. The van der Waals surface area contributed by atoms with E-state index in [0.29, 0.717) is 35.4 Å². The largest absolute Gasteiger partial charge is 0.586 e. The third kappa shape index (κ3) is 3.69. The normalized spacial score (nSPS) is 17.1. The predicted octanol–water partition coefficient (Wildman–Crippen LogP) is 4.77. The van der Waals surface area contributed by atoms with Gasteiger partial charge in [-0.3, -0.25) is 14.6 Å². The molecular weight excluding hydrogens is 430 g/mol. The van der Waals surface area contributed by atoms with Crippen molar-refractivity contribution in [3.8, 4) is 22.8 Å². The standard InChI is InChI=1S/C25H22F2N2O4.H2/c1-13-9-18(29-22(15(13)3)16-8-14(2)23(31)28-12-16)11-21(30)24(6-7-24)17-4-5-19-20(10-17)33-25(26,27)32-19;/h4-5,8-10,12H,6-7,11H2,1-3H3,(H,28,31);1H. The smallest absolute Gasteiger partial charge is 0.395 e. The Balaban J connectivity index is 0.00000274. The van der Waals surface area contributed by atoms with Gasteiger partial charge in [0.05, 0.1) is 11.1 Å². The maximum absolute atomic E-state index is 13.4. The molecule has 3 aromatic rings. The van der Waals surface area contributed by atoms with E-state index in [1.807, 2.05) is 19.9 Å². The van der Waals surface area contributed by atoms with Crippen LogP contribution in [0.2, 0.25) is 0 Å². The lowest BCUT2D eigenvalue weighted by atomic mass is 9.88. The van der Waals surface area contributed by atoms with Gasteiger partial charge in [0.15, 0.2) is 11.5 Å². The Kier molecular flexibility index (Phi) is 4.67. The molecule has 0 amide bonds. The number of carbonyl (C=O) groups is 1. The summed E-state index contributed by atoms with van der Waals surface area (Å²) in [5, 5.41) is 0. The number of hydrogen-bond donors (Lipinski definition) is 1. The Bertz CT molecular complexity index is 1370. The van der Waals surface area contributed by atoms with E-state index in [9.17, 15) is 18.4 Å². The summed E-state index contributed by atoms with van der Waals surface area (Å²) in [7, 11) is 0. The molecule has 0 radical (unpaired) electrons. The number of aromatic amines is 1. The minimum absolute atomic E-state index is 0. The van der Waals surface area contributed by atoms with E-state index in [0.717, 1.165) is 16.7 Å². The molecule has 1 aliphatic carbocycles. The van der Waals surface area contributed by atoms with Gasteiger partial charge in [0.25, 0.3) is 5.56 Å². The molecule has 0 spiro atoms. The number of halogens is 2. The summed E-state index contributed by atoms with van der Waals surface area (Å²) < 4.78 is 35.8. The summed E-state index contributed by atoms with van der Waals surface area (Å²) in [6.07, 6.45) is -0.680. The number of pyridine rings is 2. The minimum atomic E-state index is -3.69. The second-order valence-electron chi connectivity index (χ2n) is 8.82. The molecule has 0 bridgehead atoms. The molecule has 3 heterocycles. The average Bonchev–Trinajstić information content (AvgIpc) is 3.50. The SMILES string of the molecule is Cc1cc(CC(=O)C2(c3ccc4c(c3)OC(F)(F)O4)CC2)nc(-c2c[nH]c(=O)c(C)c2)c1C.[HH].